The van der Waals surface area contributed by atoms with Crippen LogP contribution in [0.4, 0.5) is 0 Å². The molecular formula is C21H24N2O2. The van der Waals surface area contributed by atoms with E-state index in [9.17, 15) is 9.90 Å². The summed E-state index contributed by atoms with van der Waals surface area (Å²) in [6.45, 7) is 10.2. The molecule has 0 aliphatic rings. The first-order chi connectivity index (χ1) is 11.9. The third-order valence-electron chi connectivity index (χ3n) is 4.95. The van der Waals surface area contributed by atoms with Gasteiger partial charge in [0.15, 0.2) is 6.29 Å². The monoisotopic (exact) mass is 336 g/mol. The molecule has 2 heterocycles. The molecule has 4 nitrogen and oxygen atoms in total. The molecule has 2 aromatic heterocycles. The number of phenols is 1. The van der Waals surface area contributed by atoms with Crippen LogP contribution in [0, 0.1) is 6.92 Å². The molecule has 0 saturated carbocycles. The average Bonchev–Trinajstić information content (AvgIpc) is 3.12. The third kappa shape index (κ3) is 2.49. The van der Waals surface area contributed by atoms with Gasteiger partial charge in [0.25, 0.3) is 0 Å². The highest BCUT2D eigenvalue weighted by molar-refractivity contribution is 5.95. The molecule has 0 amide bonds. The Morgan fingerprint density at radius 1 is 1.32 bits per heavy atom. The van der Waals surface area contributed by atoms with Gasteiger partial charge in [-0.25, -0.2) is 0 Å². The number of benzene rings is 1. The number of fused-ring (bicyclic) bond motifs is 3. The van der Waals surface area contributed by atoms with E-state index in [1.165, 1.54) is 5.57 Å². The van der Waals surface area contributed by atoms with E-state index in [-0.39, 0.29) is 5.75 Å². The normalized spacial score (nSPS) is 14.6. The van der Waals surface area contributed by atoms with Crippen molar-refractivity contribution >= 4 is 34.6 Å². The number of aromatic hydroxyl groups is 1. The maximum atomic E-state index is 11.9. The average molecular weight is 336 g/mol. The van der Waals surface area contributed by atoms with Crippen molar-refractivity contribution in [3.05, 3.63) is 45.5 Å². The van der Waals surface area contributed by atoms with Gasteiger partial charge in [0.2, 0.25) is 0 Å². The summed E-state index contributed by atoms with van der Waals surface area (Å²) in [6.07, 6.45) is 5.87. The summed E-state index contributed by atoms with van der Waals surface area (Å²) in [4.78, 5) is 15.2. The second kappa shape index (κ2) is 6.28. The van der Waals surface area contributed by atoms with E-state index in [2.05, 4.69) is 29.3 Å². The van der Waals surface area contributed by atoms with Crippen molar-refractivity contribution < 1.29 is 9.90 Å². The van der Waals surface area contributed by atoms with Gasteiger partial charge >= 0.3 is 0 Å². The minimum atomic E-state index is 0.191. The molecule has 0 saturated heterocycles. The second-order valence-corrected chi connectivity index (χ2v) is 6.54. The molecule has 0 unspecified atom stereocenters. The summed E-state index contributed by atoms with van der Waals surface area (Å²) in [5.74, 6) is 0.191. The maximum absolute atomic E-state index is 11.9. The first-order valence-corrected chi connectivity index (χ1v) is 8.58. The summed E-state index contributed by atoms with van der Waals surface area (Å²) in [6, 6.07) is 3.58. The molecule has 2 N–H and O–H groups in total. The molecule has 0 bridgehead atoms. The Kier molecular flexibility index (Phi) is 4.29. The predicted octanol–water partition coefficient (Wildman–Crippen LogP) is 3.57. The predicted molar refractivity (Wildman–Crippen MR) is 104 cm³/mol. The van der Waals surface area contributed by atoms with E-state index >= 15 is 0 Å². The molecule has 0 aliphatic heterocycles. The number of nitrogens with one attached hydrogen (secondary N) is 1. The van der Waals surface area contributed by atoms with Crippen molar-refractivity contribution in [3.8, 4) is 5.75 Å². The largest absolute Gasteiger partial charge is 0.506 e. The van der Waals surface area contributed by atoms with Gasteiger partial charge in [0.05, 0.1) is 16.4 Å². The van der Waals surface area contributed by atoms with E-state index in [1.807, 2.05) is 32.9 Å². The van der Waals surface area contributed by atoms with Gasteiger partial charge in [0, 0.05) is 5.22 Å². The van der Waals surface area contributed by atoms with Crippen molar-refractivity contribution in [1.29, 1.82) is 0 Å². The standard InChI is InChI=1S/C21H24N2O2/c1-6-12(3)10-15-16(11-24)21-22-18-17(25)9-8-14(5)20(18)23(21)19(15)13(4)7-2/h6,8-11,22,25H,7H2,1-5H3/b12-6-,15-10-,19-13?. The smallest absolute Gasteiger partial charge is 0.154 e. The SMILES string of the molecule is C/C=C(C)\C=c1\c(C=O)c2[nH]c3c(O)ccc(C)c3n2c1=C(C)CC. The first kappa shape index (κ1) is 17.1. The minimum absolute atomic E-state index is 0.191. The van der Waals surface area contributed by atoms with E-state index in [0.29, 0.717) is 11.1 Å². The van der Waals surface area contributed by atoms with Crippen LogP contribution in [0.2, 0.25) is 0 Å². The Balaban J connectivity index is 2.75. The van der Waals surface area contributed by atoms with Crippen LogP contribution in [0.3, 0.4) is 0 Å². The zero-order valence-corrected chi connectivity index (χ0v) is 15.4. The highest BCUT2D eigenvalue weighted by atomic mass is 16.3. The van der Waals surface area contributed by atoms with Gasteiger partial charge in [-0.15, -0.1) is 0 Å². The van der Waals surface area contributed by atoms with Crippen LogP contribution in [0.15, 0.2) is 23.8 Å². The fourth-order valence-corrected chi connectivity index (χ4v) is 3.33. The minimum Gasteiger partial charge on any atom is -0.506 e. The quantitative estimate of drug-likeness (QED) is 0.718. The number of hydrogen-bond acceptors (Lipinski definition) is 2. The van der Waals surface area contributed by atoms with Crippen LogP contribution in [0.1, 0.15) is 50.0 Å². The molecule has 3 aromatic rings. The Hall–Kier alpha value is -2.75. The lowest BCUT2D eigenvalue weighted by molar-refractivity contribution is 0.112. The third-order valence-corrected chi connectivity index (χ3v) is 4.95. The number of carbonyl (C=O) groups excluding carboxylic acids is 1. The molecule has 4 heteroatoms. The number of aromatic nitrogens is 2. The lowest BCUT2D eigenvalue weighted by Gasteiger charge is -2.02. The van der Waals surface area contributed by atoms with E-state index in [4.69, 9.17) is 0 Å². The van der Waals surface area contributed by atoms with Gasteiger partial charge < -0.3 is 10.1 Å². The molecule has 0 aliphatic carbocycles. The van der Waals surface area contributed by atoms with Gasteiger partial charge in [-0.3, -0.25) is 9.20 Å². The first-order valence-electron chi connectivity index (χ1n) is 8.58. The van der Waals surface area contributed by atoms with Crippen LogP contribution < -0.4 is 10.6 Å². The lowest BCUT2D eigenvalue weighted by Crippen LogP contribution is -2.30. The van der Waals surface area contributed by atoms with Crippen molar-refractivity contribution in [2.45, 2.75) is 41.0 Å². The van der Waals surface area contributed by atoms with Gasteiger partial charge in [0.1, 0.15) is 16.9 Å². The molecule has 130 valence electrons. The zero-order chi connectivity index (χ0) is 18.3. The molecule has 0 spiro atoms. The number of aryl methyl sites for hydroxylation is 1. The number of imidazole rings is 1. The topological polar surface area (TPSA) is 57.5 Å². The van der Waals surface area contributed by atoms with Crippen molar-refractivity contribution in [2.24, 2.45) is 0 Å². The van der Waals surface area contributed by atoms with Gasteiger partial charge in [-0.2, -0.15) is 0 Å². The van der Waals surface area contributed by atoms with Crippen LogP contribution in [0.25, 0.3) is 28.3 Å². The molecule has 0 fully saturated rings. The molecule has 1 aromatic carbocycles. The molecule has 3 rings (SSSR count). The van der Waals surface area contributed by atoms with Crippen LogP contribution >= 0.6 is 0 Å². The lowest BCUT2D eigenvalue weighted by atomic mass is 10.1. The number of carbonyl (C=O) groups is 1. The molecule has 0 radical (unpaired) electrons. The Morgan fingerprint density at radius 2 is 2.04 bits per heavy atom. The Bertz CT molecular complexity index is 1140. The number of aldehydes is 1. The van der Waals surface area contributed by atoms with Crippen molar-refractivity contribution in [3.63, 3.8) is 0 Å². The number of nitrogens with zero attached hydrogens (tertiary/aromatic N) is 1. The number of hydrogen-bond donors (Lipinski definition) is 2. The molecular weight excluding hydrogens is 312 g/mol. The summed E-state index contributed by atoms with van der Waals surface area (Å²) in [5.41, 5.74) is 6.28. The van der Waals surface area contributed by atoms with Crippen LogP contribution in [0.5, 0.6) is 5.75 Å². The molecule has 25 heavy (non-hydrogen) atoms. The number of allylic oxidation sites excluding steroid dienone is 2. The zero-order valence-electron chi connectivity index (χ0n) is 15.4. The van der Waals surface area contributed by atoms with E-state index in [1.54, 1.807) is 6.07 Å². The van der Waals surface area contributed by atoms with Crippen LogP contribution in [-0.4, -0.2) is 20.8 Å². The van der Waals surface area contributed by atoms with Crippen molar-refractivity contribution in [2.75, 3.05) is 0 Å². The number of rotatable bonds is 3. The number of phenolic OH excluding ortho intramolecular Hbond substituents is 1. The Labute approximate surface area is 146 Å². The molecule has 0 atom stereocenters. The second-order valence-electron chi connectivity index (χ2n) is 6.54. The highest BCUT2D eigenvalue weighted by Gasteiger charge is 2.17. The summed E-state index contributed by atoms with van der Waals surface area (Å²) in [7, 11) is 0. The van der Waals surface area contributed by atoms with Gasteiger partial charge in [-0.1, -0.05) is 24.6 Å². The van der Waals surface area contributed by atoms with Crippen LogP contribution in [-0.2, 0) is 0 Å². The number of H-pyrrole nitrogens is 1. The summed E-state index contributed by atoms with van der Waals surface area (Å²) >= 11 is 0. The Morgan fingerprint density at radius 3 is 2.64 bits per heavy atom. The fourth-order valence-electron chi connectivity index (χ4n) is 3.33. The highest BCUT2D eigenvalue weighted by Crippen LogP contribution is 2.27. The fraction of sp³-hybridized carbons (Fsp3) is 0.286. The van der Waals surface area contributed by atoms with E-state index < -0.39 is 0 Å². The summed E-state index contributed by atoms with van der Waals surface area (Å²) in [5, 5.41) is 12.2. The van der Waals surface area contributed by atoms with Gasteiger partial charge in [-0.05, 0) is 57.4 Å². The van der Waals surface area contributed by atoms with E-state index in [0.717, 1.165) is 45.6 Å². The number of aromatic amines is 1. The maximum Gasteiger partial charge on any atom is 0.154 e. The summed E-state index contributed by atoms with van der Waals surface area (Å²) < 4.78 is 2.09. The van der Waals surface area contributed by atoms with Crippen molar-refractivity contribution in [1.82, 2.24) is 9.38 Å².